The first-order valence-corrected chi connectivity index (χ1v) is 5.64. The Balaban J connectivity index is 1.97. The third-order valence-electron chi connectivity index (χ3n) is 3.43. The van der Waals surface area contributed by atoms with E-state index in [1.54, 1.807) is 7.11 Å². The van der Waals surface area contributed by atoms with Crippen molar-refractivity contribution in [3.63, 3.8) is 0 Å². The fraction of sp³-hybridized carbons (Fsp3) is 0.500. The SMILES string of the molecule is COc1ccc2c(c1)NCC1CC(O)CN21. The highest BCUT2D eigenvalue weighted by Gasteiger charge is 2.34. The molecule has 0 bridgehead atoms. The maximum absolute atomic E-state index is 9.69. The van der Waals surface area contributed by atoms with Crippen LogP contribution >= 0.6 is 0 Å². The second-order valence-electron chi connectivity index (χ2n) is 4.46. The largest absolute Gasteiger partial charge is 0.497 e. The van der Waals surface area contributed by atoms with E-state index in [2.05, 4.69) is 16.3 Å². The number of anilines is 2. The van der Waals surface area contributed by atoms with Crippen LogP contribution in [0.4, 0.5) is 11.4 Å². The summed E-state index contributed by atoms with van der Waals surface area (Å²) < 4.78 is 5.20. The number of nitrogens with zero attached hydrogens (tertiary/aromatic N) is 1. The van der Waals surface area contributed by atoms with Gasteiger partial charge in [-0.3, -0.25) is 0 Å². The Labute approximate surface area is 94.8 Å². The normalized spacial score (nSPS) is 27.0. The average Bonchev–Trinajstić information content (AvgIpc) is 2.69. The first-order chi connectivity index (χ1) is 7.78. The van der Waals surface area contributed by atoms with Gasteiger partial charge in [0.1, 0.15) is 5.75 Å². The van der Waals surface area contributed by atoms with Gasteiger partial charge < -0.3 is 20.1 Å². The summed E-state index contributed by atoms with van der Waals surface area (Å²) in [4.78, 5) is 2.29. The molecule has 0 aromatic heterocycles. The third kappa shape index (κ3) is 1.41. The van der Waals surface area contributed by atoms with Gasteiger partial charge in [-0.25, -0.2) is 0 Å². The Morgan fingerprint density at radius 1 is 1.50 bits per heavy atom. The molecule has 1 aromatic carbocycles. The number of hydrogen-bond acceptors (Lipinski definition) is 4. The lowest BCUT2D eigenvalue weighted by Crippen LogP contribution is -2.39. The van der Waals surface area contributed by atoms with E-state index >= 15 is 0 Å². The molecule has 2 unspecified atom stereocenters. The lowest BCUT2D eigenvalue weighted by molar-refractivity contribution is 0.195. The summed E-state index contributed by atoms with van der Waals surface area (Å²) in [5.41, 5.74) is 2.28. The Morgan fingerprint density at radius 3 is 3.19 bits per heavy atom. The van der Waals surface area contributed by atoms with Gasteiger partial charge in [0.15, 0.2) is 0 Å². The Bertz CT molecular complexity index is 408. The van der Waals surface area contributed by atoms with E-state index in [9.17, 15) is 5.11 Å². The van der Waals surface area contributed by atoms with Gasteiger partial charge in [-0.1, -0.05) is 0 Å². The van der Waals surface area contributed by atoms with E-state index in [0.717, 1.165) is 30.9 Å². The van der Waals surface area contributed by atoms with Crippen molar-refractivity contribution < 1.29 is 9.84 Å². The number of nitrogens with one attached hydrogen (secondary N) is 1. The van der Waals surface area contributed by atoms with E-state index in [-0.39, 0.29) is 6.10 Å². The molecule has 0 amide bonds. The second-order valence-corrected chi connectivity index (χ2v) is 4.46. The molecule has 0 radical (unpaired) electrons. The minimum absolute atomic E-state index is 0.195. The van der Waals surface area contributed by atoms with E-state index in [1.165, 1.54) is 5.69 Å². The summed E-state index contributed by atoms with van der Waals surface area (Å²) in [7, 11) is 1.67. The van der Waals surface area contributed by atoms with Crippen LogP contribution in [-0.2, 0) is 0 Å². The molecule has 2 N–H and O–H groups in total. The van der Waals surface area contributed by atoms with Crippen LogP contribution < -0.4 is 15.0 Å². The van der Waals surface area contributed by atoms with Crippen LogP contribution in [0.5, 0.6) is 5.75 Å². The van der Waals surface area contributed by atoms with Gasteiger partial charge in [0, 0.05) is 25.2 Å². The van der Waals surface area contributed by atoms with Crippen LogP contribution in [-0.4, -0.2) is 37.5 Å². The molecule has 2 heterocycles. The van der Waals surface area contributed by atoms with Crippen LogP contribution in [0.1, 0.15) is 6.42 Å². The average molecular weight is 220 g/mol. The molecule has 4 heteroatoms. The van der Waals surface area contributed by atoms with Crippen LogP contribution in [0, 0.1) is 0 Å². The van der Waals surface area contributed by atoms with Crippen molar-refractivity contribution in [1.82, 2.24) is 0 Å². The van der Waals surface area contributed by atoms with E-state index in [1.807, 2.05) is 12.1 Å². The molecule has 2 atom stereocenters. The van der Waals surface area contributed by atoms with Crippen molar-refractivity contribution >= 4 is 11.4 Å². The summed E-state index contributed by atoms with van der Waals surface area (Å²) in [6, 6.07) is 6.46. The summed E-state index contributed by atoms with van der Waals surface area (Å²) in [6.45, 7) is 1.64. The van der Waals surface area contributed by atoms with Gasteiger partial charge in [0.2, 0.25) is 0 Å². The number of hydrogen-bond donors (Lipinski definition) is 2. The Hall–Kier alpha value is -1.42. The summed E-state index contributed by atoms with van der Waals surface area (Å²) in [6.07, 6.45) is 0.665. The maximum Gasteiger partial charge on any atom is 0.121 e. The second kappa shape index (κ2) is 3.56. The van der Waals surface area contributed by atoms with E-state index < -0.39 is 0 Å². The van der Waals surface area contributed by atoms with Gasteiger partial charge in [0.25, 0.3) is 0 Å². The van der Waals surface area contributed by atoms with Gasteiger partial charge in [-0.15, -0.1) is 0 Å². The fourth-order valence-electron chi connectivity index (χ4n) is 2.64. The minimum Gasteiger partial charge on any atom is -0.497 e. The molecule has 0 saturated carbocycles. The van der Waals surface area contributed by atoms with Crippen molar-refractivity contribution in [1.29, 1.82) is 0 Å². The molecule has 3 rings (SSSR count). The number of ether oxygens (including phenoxy) is 1. The van der Waals surface area contributed by atoms with Crippen molar-refractivity contribution in [2.75, 3.05) is 30.4 Å². The number of methoxy groups -OCH3 is 1. The van der Waals surface area contributed by atoms with Gasteiger partial charge in [0.05, 0.1) is 24.6 Å². The van der Waals surface area contributed by atoms with Crippen LogP contribution in [0.15, 0.2) is 18.2 Å². The Morgan fingerprint density at radius 2 is 2.38 bits per heavy atom. The first kappa shape index (κ1) is 9.78. The molecular weight excluding hydrogens is 204 g/mol. The summed E-state index contributed by atoms with van der Waals surface area (Å²) in [5.74, 6) is 0.865. The summed E-state index contributed by atoms with van der Waals surface area (Å²) in [5, 5.41) is 13.1. The maximum atomic E-state index is 9.69. The number of fused-ring (bicyclic) bond motifs is 3. The fourth-order valence-corrected chi connectivity index (χ4v) is 2.64. The van der Waals surface area contributed by atoms with Gasteiger partial charge >= 0.3 is 0 Å². The number of aliphatic hydroxyl groups excluding tert-OH is 1. The zero-order valence-corrected chi connectivity index (χ0v) is 9.31. The van der Waals surface area contributed by atoms with Crippen molar-refractivity contribution in [2.24, 2.45) is 0 Å². The van der Waals surface area contributed by atoms with Gasteiger partial charge in [-0.05, 0) is 18.6 Å². The number of benzene rings is 1. The number of rotatable bonds is 1. The lowest BCUT2D eigenvalue weighted by atomic mass is 10.1. The molecule has 2 aliphatic rings. The highest BCUT2D eigenvalue weighted by atomic mass is 16.5. The standard InChI is InChI=1S/C12H16N2O2/c1-16-10-2-3-12-11(5-10)13-6-8-4-9(15)7-14(8)12/h2-3,5,8-9,13,15H,4,6-7H2,1H3. The predicted octanol–water partition coefficient (Wildman–Crippen LogP) is 1.06. The molecule has 1 saturated heterocycles. The lowest BCUT2D eigenvalue weighted by Gasteiger charge is -2.34. The highest BCUT2D eigenvalue weighted by Crippen LogP contribution is 2.37. The van der Waals surface area contributed by atoms with Crippen LogP contribution in [0.25, 0.3) is 0 Å². The zero-order valence-electron chi connectivity index (χ0n) is 9.31. The Kier molecular flexibility index (Phi) is 2.17. The van der Waals surface area contributed by atoms with Crippen molar-refractivity contribution in [3.05, 3.63) is 18.2 Å². The first-order valence-electron chi connectivity index (χ1n) is 5.64. The molecule has 2 aliphatic heterocycles. The van der Waals surface area contributed by atoms with Crippen LogP contribution in [0.3, 0.4) is 0 Å². The molecule has 0 aliphatic carbocycles. The van der Waals surface area contributed by atoms with Crippen molar-refractivity contribution in [2.45, 2.75) is 18.6 Å². The van der Waals surface area contributed by atoms with E-state index in [4.69, 9.17) is 4.74 Å². The molecule has 1 aromatic rings. The monoisotopic (exact) mass is 220 g/mol. The molecule has 4 nitrogen and oxygen atoms in total. The van der Waals surface area contributed by atoms with Crippen LogP contribution in [0.2, 0.25) is 0 Å². The third-order valence-corrected chi connectivity index (χ3v) is 3.43. The highest BCUT2D eigenvalue weighted by molar-refractivity contribution is 5.75. The molecule has 1 fully saturated rings. The van der Waals surface area contributed by atoms with Gasteiger partial charge in [-0.2, -0.15) is 0 Å². The van der Waals surface area contributed by atoms with Crippen molar-refractivity contribution in [3.8, 4) is 5.75 Å². The topological polar surface area (TPSA) is 44.7 Å². The quantitative estimate of drug-likeness (QED) is 0.743. The summed E-state index contributed by atoms with van der Waals surface area (Å²) >= 11 is 0. The predicted molar refractivity (Wildman–Crippen MR) is 63.2 cm³/mol. The number of aliphatic hydroxyl groups is 1. The molecular formula is C12H16N2O2. The molecule has 86 valence electrons. The van der Waals surface area contributed by atoms with E-state index in [0.29, 0.717) is 6.04 Å². The minimum atomic E-state index is -0.195. The zero-order chi connectivity index (χ0) is 11.1. The molecule has 16 heavy (non-hydrogen) atoms. The smallest absolute Gasteiger partial charge is 0.121 e. The molecule has 0 spiro atoms.